The van der Waals surface area contributed by atoms with Gasteiger partial charge in [0.05, 0.1) is 12.7 Å². The monoisotopic (exact) mass is 266 g/mol. The van der Waals surface area contributed by atoms with Crippen LogP contribution in [0.5, 0.6) is 11.5 Å². The van der Waals surface area contributed by atoms with E-state index in [1.807, 2.05) is 6.07 Å². The lowest BCUT2D eigenvalue weighted by Gasteiger charge is -2.09. The molecule has 0 aromatic heterocycles. The number of carbonyl (C=O) groups is 1. The molecule has 0 aliphatic heterocycles. The molecule has 2 rings (SSSR count). The predicted octanol–water partition coefficient (Wildman–Crippen LogP) is 2.94. The second kappa shape index (κ2) is 6.44. The van der Waals surface area contributed by atoms with Crippen molar-refractivity contribution >= 4 is 5.78 Å². The third-order valence-electron chi connectivity index (χ3n) is 2.78. The molecular formula is C17H14O3. The van der Waals surface area contributed by atoms with Crippen LogP contribution in [-0.2, 0) is 0 Å². The Morgan fingerprint density at radius 1 is 1.20 bits per heavy atom. The number of methoxy groups -OCH3 is 1. The number of hydrogen-bond donors (Lipinski definition) is 0. The molecular weight excluding hydrogens is 252 g/mol. The fraction of sp³-hybridized carbons (Fsp3) is 0.118. The Bertz CT molecular complexity index is 653. The Kier molecular flexibility index (Phi) is 4.41. The van der Waals surface area contributed by atoms with Crippen molar-refractivity contribution in [1.82, 2.24) is 0 Å². The van der Waals surface area contributed by atoms with E-state index in [0.29, 0.717) is 22.6 Å². The van der Waals surface area contributed by atoms with E-state index in [1.54, 1.807) is 42.5 Å². The van der Waals surface area contributed by atoms with Crippen LogP contribution in [-0.4, -0.2) is 19.5 Å². The molecule has 0 atom stereocenters. The first-order valence-corrected chi connectivity index (χ1v) is 6.10. The molecule has 0 saturated carbocycles. The van der Waals surface area contributed by atoms with Crippen LogP contribution < -0.4 is 9.47 Å². The summed E-state index contributed by atoms with van der Waals surface area (Å²) >= 11 is 0. The first-order valence-electron chi connectivity index (χ1n) is 6.10. The normalized spacial score (nSPS) is 9.60. The van der Waals surface area contributed by atoms with Gasteiger partial charge in [-0.2, -0.15) is 0 Å². The maximum absolute atomic E-state index is 12.1. The molecule has 0 saturated heterocycles. The molecule has 0 aliphatic rings. The van der Waals surface area contributed by atoms with Crippen molar-refractivity contribution < 1.29 is 14.3 Å². The summed E-state index contributed by atoms with van der Waals surface area (Å²) in [6.45, 7) is -0.0611. The quantitative estimate of drug-likeness (QED) is 0.616. The van der Waals surface area contributed by atoms with Gasteiger partial charge in [-0.25, -0.2) is 0 Å². The zero-order chi connectivity index (χ0) is 14.4. The summed E-state index contributed by atoms with van der Waals surface area (Å²) in [5.74, 6) is 3.49. The summed E-state index contributed by atoms with van der Waals surface area (Å²) in [6, 6.07) is 14.1. The Hall–Kier alpha value is -2.73. The number of benzene rings is 2. The predicted molar refractivity (Wildman–Crippen MR) is 77.2 cm³/mol. The Balaban J connectivity index is 2.07. The van der Waals surface area contributed by atoms with Gasteiger partial charge >= 0.3 is 0 Å². The lowest BCUT2D eigenvalue weighted by atomic mass is 10.1. The van der Waals surface area contributed by atoms with Crippen molar-refractivity contribution in [3.63, 3.8) is 0 Å². The molecule has 0 amide bonds. The molecule has 0 aliphatic carbocycles. The van der Waals surface area contributed by atoms with Gasteiger partial charge in [-0.05, 0) is 30.3 Å². The van der Waals surface area contributed by atoms with Crippen LogP contribution in [0.3, 0.4) is 0 Å². The summed E-state index contributed by atoms with van der Waals surface area (Å²) in [7, 11) is 1.53. The van der Waals surface area contributed by atoms with Crippen LogP contribution in [0, 0.1) is 12.3 Å². The molecule has 0 heterocycles. The summed E-state index contributed by atoms with van der Waals surface area (Å²) in [4.78, 5) is 12.1. The number of terminal acetylenes is 1. The van der Waals surface area contributed by atoms with Crippen LogP contribution in [0.2, 0.25) is 0 Å². The molecule has 0 N–H and O–H groups in total. The van der Waals surface area contributed by atoms with E-state index < -0.39 is 0 Å². The highest BCUT2D eigenvalue weighted by atomic mass is 16.5. The standard InChI is InChI=1S/C17H14O3/c1-3-13-7-6-8-14(11-13)20-12-16(18)15-9-4-5-10-17(15)19-2/h1,4-11H,12H2,2H3. The molecule has 0 bridgehead atoms. The van der Waals surface area contributed by atoms with Crippen molar-refractivity contribution in [3.05, 3.63) is 59.7 Å². The van der Waals surface area contributed by atoms with Crippen LogP contribution >= 0.6 is 0 Å². The molecule has 20 heavy (non-hydrogen) atoms. The highest BCUT2D eigenvalue weighted by Crippen LogP contribution is 2.19. The first-order chi connectivity index (χ1) is 9.74. The smallest absolute Gasteiger partial charge is 0.203 e. The third-order valence-corrected chi connectivity index (χ3v) is 2.78. The van der Waals surface area contributed by atoms with E-state index in [2.05, 4.69) is 5.92 Å². The highest BCUT2D eigenvalue weighted by molar-refractivity contribution is 5.99. The van der Waals surface area contributed by atoms with Gasteiger partial charge in [-0.1, -0.05) is 24.1 Å². The number of ketones is 1. The van der Waals surface area contributed by atoms with E-state index in [9.17, 15) is 4.79 Å². The Labute approximate surface area is 118 Å². The average Bonchev–Trinajstić information content (AvgIpc) is 2.52. The summed E-state index contributed by atoms with van der Waals surface area (Å²) in [6.07, 6.45) is 5.31. The van der Waals surface area contributed by atoms with Crippen molar-refractivity contribution in [1.29, 1.82) is 0 Å². The number of hydrogen-bond acceptors (Lipinski definition) is 3. The molecule has 2 aromatic carbocycles. The number of rotatable bonds is 5. The minimum Gasteiger partial charge on any atom is -0.496 e. The SMILES string of the molecule is C#Cc1cccc(OCC(=O)c2ccccc2OC)c1. The average molecular weight is 266 g/mol. The summed E-state index contributed by atoms with van der Waals surface area (Å²) in [5, 5.41) is 0. The van der Waals surface area contributed by atoms with Gasteiger partial charge in [0, 0.05) is 5.56 Å². The number of carbonyl (C=O) groups excluding carboxylic acids is 1. The molecule has 0 spiro atoms. The van der Waals surface area contributed by atoms with E-state index >= 15 is 0 Å². The minimum absolute atomic E-state index is 0.0611. The molecule has 0 unspecified atom stereocenters. The molecule has 0 radical (unpaired) electrons. The number of para-hydroxylation sites is 1. The minimum atomic E-state index is -0.145. The van der Waals surface area contributed by atoms with Crippen molar-refractivity contribution in [2.24, 2.45) is 0 Å². The highest BCUT2D eigenvalue weighted by Gasteiger charge is 2.12. The zero-order valence-electron chi connectivity index (χ0n) is 11.1. The fourth-order valence-corrected chi connectivity index (χ4v) is 1.78. The maximum atomic E-state index is 12.1. The fourth-order valence-electron chi connectivity index (χ4n) is 1.78. The summed E-state index contributed by atoms with van der Waals surface area (Å²) < 4.78 is 10.6. The van der Waals surface area contributed by atoms with Gasteiger partial charge in [0.25, 0.3) is 0 Å². The van der Waals surface area contributed by atoms with Gasteiger partial charge in [-0.3, -0.25) is 4.79 Å². The molecule has 100 valence electrons. The van der Waals surface area contributed by atoms with Crippen LogP contribution in [0.25, 0.3) is 0 Å². The zero-order valence-corrected chi connectivity index (χ0v) is 11.1. The van der Waals surface area contributed by atoms with Gasteiger partial charge in [0.1, 0.15) is 11.5 Å². The topological polar surface area (TPSA) is 35.5 Å². The first kappa shape index (κ1) is 13.7. The Morgan fingerprint density at radius 3 is 2.75 bits per heavy atom. The molecule has 0 fully saturated rings. The van der Waals surface area contributed by atoms with Crippen LogP contribution in [0.4, 0.5) is 0 Å². The second-order valence-electron chi connectivity index (χ2n) is 4.08. The van der Waals surface area contributed by atoms with Gasteiger partial charge < -0.3 is 9.47 Å². The van der Waals surface area contributed by atoms with Crippen molar-refractivity contribution in [2.75, 3.05) is 13.7 Å². The van der Waals surface area contributed by atoms with E-state index in [-0.39, 0.29) is 12.4 Å². The maximum Gasteiger partial charge on any atom is 0.203 e. The van der Waals surface area contributed by atoms with E-state index in [1.165, 1.54) is 7.11 Å². The number of Topliss-reactive ketones (excluding diaryl/α,β-unsaturated/α-hetero) is 1. The van der Waals surface area contributed by atoms with Gasteiger partial charge in [0.15, 0.2) is 6.61 Å². The van der Waals surface area contributed by atoms with Crippen molar-refractivity contribution in [2.45, 2.75) is 0 Å². The second-order valence-corrected chi connectivity index (χ2v) is 4.08. The Morgan fingerprint density at radius 2 is 2.00 bits per heavy atom. The van der Waals surface area contributed by atoms with Crippen LogP contribution in [0.1, 0.15) is 15.9 Å². The summed E-state index contributed by atoms with van der Waals surface area (Å²) in [5.41, 5.74) is 1.22. The lowest BCUT2D eigenvalue weighted by molar-refractivity contribution is 0.0918. The van der Waals surface area contributed by atoms with Crippen LogP contribution in [0.15, 0.2) is 48.5 Å². The number of ether oxygens (including phenoxy) is 2. The largest absolute Gasteiger partial charge is 0.496 e. The van der Waals surface area contributed by atoms with E-state index in [0.717, 1.165) is 0 Å². The van der Waals surface area contributed by atoms with Crippen molar-refractivity contribution in [3.8, 4) is 23.8 Å². The molecule has 3 nitrogen and oxygen atoms in total. The third kappa shape index (κ3) is 3.18. The van der Waals surface area contributed by atoms with E-state index in [4.69, 9.17) is 15.9 Å². The van der Waals surface area contributed by atoms with Gasteiger partial charge in [0.2, 0.25) is 5.78 Å². The van der Waals surface area contributed by atoms with Gasteiger partial charge in [-0.15, -0.1) is 6.42 Å². The molecule has 2 aromatic rings. The molecule has 3 heteroatoms. The lowest BCUT2D eigenvalue weighted by Crippen LogP contribution is -2.12.